The van der Waals surface area contributed by atoms with Crippen molar-refractivity contribution >= 4 is 64.4 Å². The molecule has 2 unspecified atom stereocenters. The molecular formula is C19H22F2N11O7PS2. The number of halogens is 2. The van der Waals surface area contributed by atoms with Gasteiger partial charge in [-0.3, -0.25) is 18.9 Å². The number of hydrogen-bond donors (Lipinski definition) is 6. The number of hydrogen-bond acceptors (Lipinski definition) is 16. The molecule has 2 aliphatic rings. The third-order valence-electron chi connectivity index (χ3n) is 6.87. The Hall–Kier alpha value is -2.95. The van der Waals surface area contributed by atoms with E-state index in [0.717, 1.165) is 33.7 Å². The minimum absolute atomic E-state index is 0.00465. The highest BCUT2D eigenvalue weighted by molar-refractivity contribution is 8.07. The third-order valence-corrected chi connectivity index (χ3v) is 9.83. The quantitative estimate of drug-likeness (QED) is 0.116. The third kappa shape index (κ3) is 4.53. The Labute approximate surface area is 241 Å². The van der Waals surface area contributed by atoms with E-state index in [9.17, 15) is 19.9 Å². The molecule has 0 spiro atoms. The number of ether oxygens (including phenoxy) is 1. The summed E-state index contributed by atoms with van der Waals surface area (Å²) < 4.78 is 50.2. The number of imidazole rings is 1. The van der Waals surface area contributed by atoms with Crippen molar-refractivity contribution in [2.24, 2.45) is 0 Å². The summed E-state index contributed by atoms with van der Waals surface area (Å²) in [5.41, 5.74) is 7.93. The number of aliphatic hydroxyl groups is 2. The van der Waals surface area contributed by atoms with Crippen LogP contribution in [-0.2, 0) is 37.1 Å². The Morgan fingerprint density at radius 1 is 1.31 bits per heavy atom. The zero-order chi connectivity index (χ0) is 30.0. The van der Waals surface area contributed by atoms with Crippen molar-refractivity contribution in [2.45, 2.75) is 35.1 Å². The van der Waals surface area contributed by atoms with Crippen molar-refractivity contribution in [1.29, 1.82) is 0 Å². The van der Waals surface area contributed by atoms with E-state index < -0.39 is 67.2 Å². The molecular weight excluding hydrogens is 627 g/mol. The molecule has 6 heterocycles. The van der Waals surface area contributed by atoms with Crippen molar-refractivity contribution in [1.82, 2.24) is 44.5 Å². The lowest BCUT2D eigenvalue weighted by molar-refractivity contribution is -0.0793. The average molecular weight is 650 g/mol. The monoisotopic (exact) mass is 649 g/mol. The molecule has 42 heavy (non-hydrogen) atoms. The lowest BCUT2D eigenvalue weighted by Crippen LogP contribution is -2.47. The van der Waals surface area contributed by atoms with E-state index in [0.29, 0.717) is 0 Å². The van der Waals surface area contributed by atoms with Crippen molar-refractivity contribution in [3.8, 4) is 0 Å². The molecule has 0 bridgehead atoms. The molecule has 226 valence electrons. The summed E-state index contributed by atoms with van der Waals surface area (Å²) in [6, 6.07) is 0. The number of anilines is 2. The van der Waals surface area contributed by atoms with Crippen LogP contribution in [0.15, 0.2) is 17.4 Å². The summed E-state index contributed by atoms with van der Waals surface area (Å²) in [7, 11) is 0. The number of nitrogens with one attached hydrogen (secondary N) is 1. The van der Waals surface area contributed by atoms with Crippen LogP contribution in [0.3, 0.4) is 0 Å². The average Bonchev–Trinajstić information content (AvgIpc) is 3.70. The highest BCUT2D eigenvalue weighted by Gasteiger charge is 2.58. The van der Waals surface area contributed by atoms with Gasteiger partial charge in [0.05, 0.1) is 24.8 Å². The molecule has 0 aromatic carbocycles. The van der Waals surface area contributed by atoms with Gasteiger partial charge in [-0.15, -0.1) is 16.9 Å². The summed E-state index contributed by atoms with van der Waals surface area (Å²) in [4.78, 5) is 41.3. The fourth-order valence-corrected chi connectivity index (χ4v) is 7.74. The number of nitrogens with two attached hydrogens (primary N) is 2. The Kier molecular flexibility index (Phi) is 7.18. The molecule has 7 atom stereocenters. The van der Waals surface area contributed by atoms with Gasteiger partial charge in [0.15, 0.2) is 28.8 Å². The number of nitrogens with zero attached hydrogens (tertiary/aromatic N) is 8. The number of nitrogen functional groups attached to an aromatic ring is 2. The predicted molar refractivity (Wildman–Crippen MR) is 145 cm³/mol. The second-order valence-electron chi connectivity index (χ2n) is 9.42. The maximum Gasteiger partial charge on any atom is 0.326 e. The maximum atomic E-state index is 16.1. The Bertz CT molecular complexity index is 1780. The lowest BCUT2D eigenvalue weighted by atomic mass is 10.1. The van der Waals surface area contributed by atoms with Gasteiger partial charge in [0, 0.05) is 5.75 Å². The molecule has 4 aromatic heterocycles. The van der Waals surface area contributed by atoms with Gasteiger partial charge in [-0.05, 0) is 11.8 Å². The van der Waals surface area contributed by atoms with Crippen LogP contribution >= 0.6 is 18.5 Å². The van der Waals surface area contributed by atoms with E-state index in [-0.39, 0.29) is 39.8 Å². The predicted octanol–water partition coefficient (Wildman–Crippen LogP) is -1.75. The van der Waals surface area contributed by atoms with Crippen LogP contribution in [0.4, 0.5) is 20.5 Å². The standard InChI is InChI=1S/C19H22F2N11O7PS2/c20-11-8(1-33)42-4-19(11,32-15-10(29-30-32)16(35)28-17(23)27-15)39-40(36,41)38-2-7-12(34)18(21,3-37-7)31-6-26-9-13(22)24-5-25-14(9)31/h5-8,11-12,33-34H,1-4H2,(H,36,41)(H2,22,24,25)(H3,23,27,28,35)/t7-,8-,11-,12-,18?,19+,40?/m1/s1. The number of aromatic amines is 1. The van der Waals surface area contributed by atoms with E-state index in [4.69, 9.17) is 37.1 Å². The van der Waals surface area contributed by atoms with Crippen LogP contribution < -0.4 is 17.0 Å². The zero-order valence-electron chi connectivity index (χ0n) is 21.0. The first kappa shape index (κ1) is 29.1. The first-order chi connectivity index (χ1) is 19.9. The van der Waals surface area contributed by atoms with Crippen molar-refractivity contribution in [2.75, 3.05) is 37.0 Å². The van der Waals surface area contributed by atoms with Crippen LogP contribution in [0.5, 0.6) is 0 Å². The molecule has 4 aromatic rings. The lowest BCUT2D eigenvalue weighted by Gasteiger charge is -2.34. The van der Waals surface area contributed by atoms with Gasteiger partial charge in [0.2, 0.25) is 17.5 Å². The number of alkyl halides is 2. The highest BCUT2D eigenvalue weighted by atomic mass is 32.5. The van der Waals surface area contributed by atoms with E-state index in [1.54, 1.807) is 0 Å². The smallest absolute Gasteiger partial charge is 0.326 e. The number of aliphatic hydroxyl groups excluding tert-OH is 2. The van der Waals surface area contributed by atoms with E-state index in [1.807, 2.05) is 0 Å². The van der Waals surface area contributed by atoms with Crippen LogP contribution in [0.1, 0.15) is 0 Å². The Morgan fingerprint density at radius 2 is 2.10 bits per heavy atom. The topological polar surface area (TPSA) is 260 Å². The van der Waals surface area contributed by atoms with Crippen LogP contribution in [0.2, 0.25) is 0 Å². The summed E-state index contributed by atoms with van der Waals surface area (Å²) in [5, 5.41) is 27.0. The summed E-state index contributed by atoms with van der Waals surface area (Å²) in [6.07, 6.45) is -3.12. The van der Waals surface area contributed by atoms with Gasteiger partial charge in [-0.1, -0.05) is 5.21 Å². The SMILES string of the molecule is Nc1nc2c(nnn2[C@]2(OP(O)(=S)OC[C@H]3OCC(F)(n4cnc5c(N)ncnc54)[C@@H]3O)CS[C@H](CO)[C@H]2F)c(=O)[nH]1. The molecule has 8 N–H and O–H groups in total. The molecule has 0 radical (unpaired) electrons. The maximum absolute atomic E-state index is 16.1. The second-order valence-corrected chi connectivity index (χ2v) is 13.4. The first-order valence-corrected chi connectivity index (χ1v) is 15.6. The summed E-state index contributed by atoms with van der Waals surface area (Å²) in [5.74, 6) is -3.16. The van der Waals surface area contributed by atoms with Crippen molar-refractivity contribution < 1.29 is 37.7 Å². The van der Waals surface area contributed by atoms with Gasteiger partial charge in [0.1, 0.15) is 30.7 Å². The van der Waals surface area contributed by atoms with Crippen LogP contribution in [-0.4, -0.2) is 109 Å². The number of aromatic nitrogens is 9. The van der Waals surface area contributed by atoms with Crippen LogP contribution in [0, 0.1) is 0 Å². The Morgan fingerprint density at radius 3 is 2.83 bits per heavy atom. The second kappa shape index (κ2) is 10.3. The van der Waals surface area contributed by atoms with Gasteiger partial charge in [-0.2, -0.15) is 9.67 Å². The van der Waals surface area contributed by atoms with E-state index in [2.05, 4.69) is 35.2 Å². The fourth-order valence-electron chi connectivity index (χ4n) is 4.77. The van der Waals surface area contributed by atoms with E-state index >= 15 is 8.78 Å². The molecule has 23 heteroatoms. The molecule has 18 nitrogen and oxygen atoms in total. The van der Waals surface area contributed by atoms with Crippen molar-refractivity contribution in [3.05, 3.63) is 23.0 Å². The van der Waals surface area contributed by atoms with Crippen molar-refractivity contribution in [3.63, 3.8) is 0 Å². The summed E-state index contributed by atoms with van der Waals surface area (Å²) >= 11 is 6.08. The molecule has 2 saturated heterocycles. The number of thioether (sulfide) groups is 1. The largest absolute Gasteiger partial charge is 0.395 e. The number of H-pyrrole nitrogens is 1. The molecule has 0 amide bonds. The molecule has 0 aliphatic carbocycles. The Balaban J connectivity index is 1.25. The fraction of sp³-hybridized carbons (Fsp3) is 0.526. The van der Waals surface area contributed by atoms with Gasteiger partial charge in [0.25, 0.3) is 5.56 Å². The number of rotatable bonds is 8. The minimum Gasteiger partial charge on any atom is -0.395 e. The van der Waals surface area contributed by atoms with Gasteiger partial charge in [-0.25, -0.2) is 23.7 Å². The van der Waals surface area contributed by atoms with Crippen LogP contribution in [0.25, 0.3) is 22.3 Å². The van der Waals surface area contributed by atoms with Gasteiger partial charge < -0.3 is 35.8 Å². The van der Waals surface area contributed by atoms with E-state index in [1.165, 1.54) is 0 Å². The zero-order valence-corrected chi connectivity index (χ0v) is 23.5. The highest BCUT2D eigenvalue weighted by Crippen LogP contribution is 2.56. The minimum atomic E-state index is -4.46. The molecule has 6 rings (SSSR count). The first-order valence-electron chi connectivity index (χ1n) is 12.0. The van der Waals surface area contributed by atoms with Gasteiger partial charge >= 0.3 is 6.72 Å². The molecule has 2 aliphatic heterocycles. The molecule has 0 saturated carbocycles. The summed E-state index contributed by atoms with van der Waals surface area (Å²) in [6.45, 7) is -6.42. The normalized spacial score (nSPS) is 31.3. The molecule has 2 fully saturated rings. The number of fused-ring (bicyclic) bond motifs is 2.